The van der Waals surface area contributed by atoms with Crippen molar-refractivity contribution in [3.63, 3.8) is 0 Å². The van der Waals surface area contributed by atoms with E-state index < -0.39 is 0 Å². The van der Waals surface area contributed by atoms with E-state index in [-0.39, 0.29) is 6.04 Å². The number of methoxy groups -OCH3 is 1. The molecular weight excluding hydrogens is 200 g/mol. The molecule has 3 N–H and O–H groups in total. The standard InChI is InChI=1S/C13H20N2O/c1-9(2)7-12(15-14)11-5-6-13(16-4)10(3)8-11/h5-6,8,12,15H,1,7,14H2,2-4H3. The summed E-state index contributed by atoms with van der Waals surface area (Å²) < 4.78 is 5.23. The van der Waals surface area contributed by atoms with Gasteiger partial charge in [-0.1, -0.05) is 17.7 Å². The third-order valence-corrected chi connectivity index (χ3v) is 2.58. The Labute approximate surface area is 97.3 Å². The van der Waals surface area contributed by atoms with Crippen molar-refractivity contribution in [2.24, 2.45) is 5.84 Å². The molecular formula is C13H20N2O. The molecule has 0 aliphatic carbocycles. The average Bonchev–Trinajstić information content (AvgIpc) is 2.25. The summed E-state index contributed by atoms with van der Waals surface area (Å²) in [6, 6.07) is 6.20. The van der Waals surface area contributed by atoms with E-state index in [0.29, 0.717) is 0 Å². The van der Waals surface area contributed by atoms with Gasteiger partial charge in [-0.05, 0) is 37.5 Å². The van der Waals surface area contributed by atoms with Crippen LogP contribution in [-0.2, 0) is 0 Å². The van der Waals surface area contributed by atoms with Crippen molar-refractivity contribution in [2.75, 3.05) is 7.11 Å². The van der Waals surface area contributed by atoms with Gasteiger partial charge in [-0.25, -0.2) is 0 Å². The third kappa shape index (κ3) is 3.08. The number of nitrogens with one attached hydrogen (secondary N) is 1. The lowest BCUT2D eigenvalue weighted by Gasteiger charge is -2.17. The van der Waals surface area contributed by atoms with E-state index in [4.69, 9.17) is 10.6 Å². The first-order chi connectivity index (χ1) is 7.58. The summed E-state index contributed by atoms with van der Waals surface area (Å²) in [5, 5.41) is 0. The SMILES string of the molecule is C=C(C)CC(NN)c1ccc(OC)c(C)c1. The summed E-state index contributed by atoms with van der Waals surface area (Å²) in [7, 11) is 1.68. The lowest BCUT2D eigenvalue weighted by molar-refractivity contribution is 0.411. The van der Waals surface area contributed by atoms with E-state index in [1.54, 1.807) is 7.11 Å². The topological polar surface area (TPSA) is 47.3 Å². The number of aryl methyl sites for hydroxylation is 1. The zero-order chi connectivity index (χ0) is 12.1. The van der Waals surface area contributed by atoms with E-state index in [0.717, 1.165) is 28.9 Å². The summed E-state index contributed by atoms with van der Waals surface area (Å²) in [5.41, 5.74) is 6.19. The van der Waals surface area contributed by atoms with Crippen molar-refractivity contribution < 1.29 is 4.74 Å². The van der Waals surface area contributed by atoms with E-state index >= 15 is 0 Å². The van der Waals surface area contributed by atoms with Gasteiger partial charge in [-0.2, -0.15) is 0 Å². The Morgan fingerprint density at radius 1 is 1.56 bits per heavy atom. The van der Waals surface area contributed by atoms with Gasteiger partial charge < -0.3 is 4.74 Å². The fraction of sp³-hybridized carbons (Fsp3) is 0.385. The Balaban J connectivity index is 2.93. The minimum absolute atomic E-state index is 0.113. The van der Waals surface area contributed by atoms with Gasteiger partial charge in [0.15, 0.2) is 0 Å². The Hall–Kier alpha value is -1.32. The molecule has 0 bridgehead atoms. The van der Waals surface area contributed by atoms with Crippen LogP contribution in [0.2, 0.25) is 0 Å². The van der Waals surface area contributed by atoms with Crippen LogP contribution in [0.5, 0.6) is 5.75 Å². The van der Waals surface area contributed by atoms with E-state index in [1.807, 2.05) is 26.0 Å². The van der Waals surface area contributed by atoms with Crippen molar-refractivity contribution in [3.05, 3.63) is 41.5 Å². The normalized spacial score (nSPS) is 12.2. The molecule has 3 nitrogen and oxygen atoms in total. The molecule has 0 fully saturated rings. The first kappa shape index (κ1) is 12.7. The van der Waals surface area contributed by atoms with Crippen molar-refractivity contribution >= 4 is 0 Å². The molecule has 0 amide bonds. The Morgan fingerprint density at radius 3 is 2.69 bits per heavy atom. The predicted molar refractivity (Wildman–Crippen MR) is 67.2 cm³/mol. The maximum atomic E-state index is 5.55. The van der Waals surface area contributed by atoms with Gasteiger partial charge in [0.25, 0.3) is 0 Å². The van der Waals surface area contributed by atoms with Gasteiger partial charge in [-0.3, -0.25) is 11.3 Å². The second kappa shape index (κ2) is 5.68. The molecule has 3 heteroatoms. The van der Waals surface area contributed by atoms with Crippen LogP contribution < -0.4 is 16.0 Å². The van der Waals surface area contributed by atoms with Gasteiger partial charge >= 0.3 is 0 Å². The molecule has 1 rings (SSSR count). The van der Waals surface area contributed by atoms with Gasteiger partial charge in [-0.15, -0.1) is 6.58 Å². The molecule has 1 aromatic rings. The van der Waals surface area contributed by atoms with E-state index in [1.165, 1.54) is 0 Å². The molecule has 0 aliphatic heterocycles. The van der Waals surface area contributed by atoms with Crippen LogP contribution in [0.3, 0.4) is 0 Å². The largest absolute Gasteiger partial charge is 0.496 e. The van der Waals surface area contributed by atoms with Crippen LogP contribution in [0.4, 0.5) is 0 Å². The monoisotopic (exact) mass is 220 g/mol. The first-order valence-corrected chi connectivity index (χ1v) is 5.33. The molecule has 0 radical (unpaired) electrons. The van der Waals surface area contributed by atoms with Crippen molar-refractivity contribution in [1.29, 1.82) is 0 Å². The first-order valence-electron chi connectivity index (χ1n) is 5.33. The fourth-order valence-corrected chi connectivity index (χ4v) is 1.74. The number of ether oxygens (including phenoxy) is 1. The quantitative estimate of drug-likeness (QED) is 0.455. The number of hydrazine groups is 1. The van der Waals surface area contributed by atoms with Crippen LogP contribution >= 0.6 is 0 Å². The molecule has 0 spiro atoms. The minimum Gasteiger partial charge on any atom is -0.496 e. The third-order valence-electron chi connectivity index (χ3n) is 2.58. The van der Waals surface area contributed by atoms with Gasteiger partial charge in [0, 0.05) is 6.04 Å². The number of rotatable bonds is 5. The summed E-state index contributed by atoms with van der Waals surface area (Å²) in [5.74, 6) is 6.45. The predicted octanol–water partition coefficient (Wildman–Crippen LogP) is 2.47. The molecule has 0 saturated carbocycles. The van der Waals surface area contributed by atoms with Crippen molar-refractivity contribution in [2.45, 2.75) is 26.3 Å². The van der Waals surface area contributed by atoms with Gasteiger partial charge in [0.2, 0.25) is 0 Å². The molecule has 1 unspecified atom stereocenters. The highest BCUT2D eigenvalue weighted by Crippen LogP contribution is 2.25. The summed E-state index contributed by atoms with van der Waals surface area (Å²) in [4.78, 5) is 0. The van der Waals surface area contributed by atoms with Gasteiger partial charge in [0.05, 0.1) is 7.11 Å². The molecule has 0 aliphatic rings. The average molecular weight is 220 g/mol. The highest BCUT2D eigenvalue weighted by Gasteiger charge is 2.11. The molecule has 1 aromatic carbocycles. The van der Waals surface area contributed by atoms with Gasteiger partial charge in [0.1, 0.15) is 5.75 Å². The lowest BCUT2D eigenvalue weighted by atomic mass is 9.99. The van der Waals surface area contributed by atoms with Crippen LogP contribution in [0.1, 0.15) is 30.5 Å². The fourth-order valence-electron chi connectivity index (χ4n) is 1.74. The summed E-state index contributed by atoms with van der Waals surface area (Å²) >= 11 is 0. The second-order valence-corrected chi connectivity index (χ2v) is 4.11. The van der Waals surface area contributed by atoms with E-state index in [9.17, 15) is 0 Å². The molecule has 0 heterocycles. The van der Waals surface area contributed by atoms with Crippen molar-refractivity contribution in [3.8, 4) is 5.75 Å². The Bertz CT molecular complexity index is 374. The zero-order valence-electron chi connectivity index (χ0n) is 10.2. The van der Waals surface area contributed by atoms with E-state index in [2.05, 4.69) is 18.1 Å². The zero-order valence-corrected chi connectivity index (χ0v) is 10.2. The Kier molecular flexibility index (Phi) is 4.52. The molecule has 16 heavy (non-hydrogen) atoms. The van der Waals surface area contributed by atoms with Crippen LogP contribution in [0, 0.1) is 6.92 Å². The summed E-state index contributed by atoms with van der Waals surface area (Å²) in [6.45, 7) is 7.93. The van der Waals surface area contributed by atoms with Crippen molar-refractivity contribution in [1.82, 2.24) is 5.43 Å². The van der Waals surface area contributed by atoms with Crippen LogP contribution in [0.15, 0.2) is 30.4 Å². The molecule has 1 atom stereocenters. The molecule has 88 valence electrons. The molecule has 0 aromatic heterocycles. The smallest absolute Gasteiger partial charge is 0.121 e. The maximum absolute atomic E-state index is 5.55. The number of hydrogen-bond donors (Lipinski definition) is 2. The number of nitrogens with two attached hydrogens (primary N) is 1. The molecule has 0 saturated heterocycles. The summed E-state index contributed by atoms with van der Waals surface area (Å²) in [6.07, 6.45) is 0.836. The lowest BCUT2D eigenvalue weighted by Crippen LogP contribution is -2.28. The number of hydrogen-bond acceptors (Lipinski definition) is 3. The Morgan fingerprint density at radius 2 is 2.25 bits per heavy atom. The number of benzene rings is 1. The highest BCUT2D eigenvalue weighted by atomic mass is 16.5. The van der Waals surface area contributed by atoms with Crippen LogP contribution in [-0.4, -0.2) is 7.11 Å². The van der Waals surface area contributed by atoms with Crippen LogP contribution in [0.25, 0.3) is 0 Å². The highest BCUT2D eigenvalue weighted by molar-refractivity contribution is 5.37. The minimum atomic E-state index is 0.113. The second-order valence-electron chi connectivity index (χ2n) is 4.11. The maximum Gasteiger partial charge on any atom is 0.121 e.